The molecule has 2 saturated heterocycles. The zero-order chi connectivity index (χ0) is 22.2. The van der Waals surface area contributed by atoms with Crippen molar-refractivity contribution in [2.24, 2.45) is 5.92 Å². The molecule has 7 heteroatoms. The monoisotopic (exact) mass is 431 g/mol. The van der Waals surface area contributed by atoms with Crippen LogP contribution in [0.15, 0.2) is 24.3 Å². The van der Waals surface area contributed by atoms with Gasteiger partial charge in [-0.05, 0) is 56.5 Å². The first-order valence-corrected chi connectivity index (χ1v) is 11.6. The van der Waals surface area contributed by atoms with Crippen molar-refractivity contribution in [1.82, 2.24) is 14.7 Å². The van der Waals surface area contributed by atoms with Crippen LogP contribution in [-0.2, 0) is 16.2 Å². The fourth-order valence-electron chi connectivity index (χ4n) is 4.56. The van der Waals surface area contributed by atoms with E-state index < -0.39 is 0 Å². The predicted octanol–water partition coefficient (Wildman–Crippen LogP) is 2.90. The van der Waals surface area contributed by atoms with E-state index in [0.717, 1.165) is 65.0 Å². The minimum absolute atomic E-state index is 0.0408. The number of hydrogen-bond acceptors (Lipinski definition) is 6. The lowest BCUT2D eigenvalue weighted by atomic mass is 9.91. The molecule has 7 nitrogen and oxygen atoms in total. The first-order valence-electron chi connectivity index (χ1n) is 11.6. The molecule has 31 heavy (non-hydrogen) atoms. The molecule has 0 aromatic heterocycles. The highest BCUT2D eigenvalue weighted by atomic mass is 17.1. The summed E-state index contributed by atoms with van der Waals surface area (Å²) >= 11 is 0. The van der Waals surface area contributed by atoms with Gasteiger partial charge in [-0.15, -0.1) is 0 Å². The Balaban J connectivity index is 1.42. The molecule has 1 amide bonds. The minimum atomic E-state index is -0.0562. The number of hydrogen-bond donors (Lipinski definition) is 1. The van der Waals surface area contributed by atoms with E-state index in [-0.39, 0.29) is 17.9 Å². The van der Waals surface area contributed by atoms with Crippen molar-refractivity contribution in [3.8, 4) is 0 Å². The fourth-order valence-corrected chi connectivity index (χ4v) is 4.56. The summed E-state index contributed by atoms with van der Waals surface area (Å²) in [6.45, 7) is 8.00. The van der Waals surface area contributed by atoms with Crippen molar-refractivity contribution >= 4 is 11.7 Å². The summed E-state index contributed by atoms with van der Waals surface area (Å²) in [4.78, 5) is 35.5. The average molecular weight is 432 g/mol. The van der Waals surface area contributed by atoms with Crippen molar-refractivity contribution in [2.45, 2.75) is 51.7 Å². The Morgan fingerprint density at radius 1 is 1.03 bits per heavy atom. The number of carbonyl (C=O) groups excluding carboxylic acids is 2. The Kier molecular flexibility index (Phi) is 9.02. The molecular formula is C24H37N3O4. The van der Waals surface area contributed by atoms with E-state index in [1.54, 1.807) is 4.90 Å². The molecule has 2 aliphatic rings. The summed E-state index contributed by atoms with van der Waals surface area (Å²) in [5.41, 5.74) is 1.92. The van der Waals surface area contributed by atoms with Crippen LogP contribution in [0.25, 0.3) is 0 Å². The number of carbonyl (C=O) groups is 2. The molecule has 0 atom stereocenters. The molecule has 1 aromatic carbocycles. The lowest BCUT2D eigenvalue weighted by Crippen LogP contribution is -2.41. The van der Waals surface area contributed by atoms with Crippen molar-refractivity contribution < 1.29 is 19.7 Å². The van der Waals surface area contributed by atoms with Crippen LogP contribution in [0.1, 0.15) is 54.9 Å². The number of rotatable bonds is 9. The molecule has 2 heterocycles. The van der Waals surface area contributed by atoms with Crippen LogP contribution in [0.5, 0.6) is 0 Å². The van der Waals surface area contributed by atoms with Gasteiger partial charge < -0.3 is 9.80 Å². The molecule has 0 spiro atoms. The summed E-state index contributed by atoms with van der Waals surface area (Å²) in [6.07, 6.45) is 4.15. The molecule has 0 aliphatic carbocycles. The number of nitrogens with zero attached hydrogens (tertiary/aromatic N) is 3. The van der Waals surface area contributed by atoms with Gasteiger partial charge in [0.15, 0.2) is 0 Å². The van der Waals surface area contributed by atoms with Gasteiger partial charge in [0, 0.05) is 57.7 Å². The number of likely N-dealkylation sites (N-methyl/N-ethyl adjacent to an activating group) is 1. The van der Waals surface area contributed by atoms with Crippen LogP contribution in [0.4, 0.5) is 0 Å². The summed E-state index contributed by atoms with van der Waals surface area (Å²) < 4.78 is 0. The predicted molar refractivity (Wildman–Crippen MR) is 120 cm³/mol. The third-order valence-electron chi connectivity index (χ3n) is 6.78. The van der Waals surface area contributed by atoms with Gasteiger partial charge in [-0.25, -0.2) is 4.89 Å². The number of amides is 1. The van der Waals surface area contributed by atoms with E-state index in [2.05, 4.69) is 14.7 Å². The largest absolute Gasteiger partial charge is 0.340 e. The summed E-state index contributed by atoms with van der Waals surface area (Å²) in [7, 11) is 1.85. The van der Waals surface area contributed by atoms with Crippen LogP contribution in [0, 0.1) is 5.92 Å². The highest BCUT2D eigenvalue weighted by molar-refractivity contribution is 5.94. The molecule has 3 rings (SSSR count). The summed E-state index contributed by atoms with van der Waals surface area (Å²) in [5.74, 6) is 0.681. The van der Waals surface area contributed by atoms with Gasteiger partial charge in [0.2, 0.25) is 0 Å². The standard InChI is InChI=1S/C24H37N3O4/c1-3-23(28)20-8-12-27(13-9-20)18-19-4-6-21(7-5-19)24(29)25(2)16-17-26-14-10-22(31-30)11-15-26/h4-7,20,22,30H,3,8-18H2,1-2H3. The van der Waals surface area contributed by atoms with Gasteiger partial charge in [0.05, 0.1) is 6.10 Å². The number of piperidine rings is 2. The maximum absolute atomic E-state index is 12.8. The molecule has 2 fully saturated rings. The van der Waals surface area contributed by atoms with Gasteiger partial charge >= 0.3 is 0 Å². The third kappa shape index (κ3) is 6.84. The SMILES string of the molecule is CCC(=O)C1CCN(Cc2ccc(C(=O)N(C)CCN3CCC(OO)CC3)cc2)CC1. The minimum Gasteiger partial charge on any atom is -0.340 e. The van der Waals surface area contributed by atoms with E-state index in [9.17, 15) is 9.59 Å². The molecule has 1 aromatic rings. The van der Waals surface area contributed by atoms with Gasteiger partial charge in [0.1, 0.15) is 5.78 Å². The third-order valence-corrected chi connectivity index (χ3v) is 6.78. The number of Topliss-reactive ketones (excluding diaryl/α,β-unsaturated/α-hetero) is 1. The normalized spacial score (nSPS) is 19.5. The molecule has 0 saturated carbocycles. The topological polar surface area (TPSA) is 73.3 Å². The van der Waals surface area contributed by atoms with Crippen LogP contribution in [0.2, 0.25) is 0 Å². The molecule has 0 bridgehead atoms. The Bertz CT molecular complexity index is 708. The van der Waals surface area contributed by atoms with Crippen molar-refractivity contribution in [3.05, 3.63) is 35.4 Å². The Morgan fingerprint density at radius 3 is 2.23 bits per heavy atom. The van der Waals surface area contributed by atoms with Crippen LogP contribution >= 0.6 is 0 Å². The number of likely N-dealkylation sites (tertiary alicyclic amines) is 2. The first kappa shape index (κ1) is 23.9. The van der Waals surface area contributed by atoms with Gasteiger partial charge in [0.25, 0.3) is 5.91 Å². The average Bonchev–Trinajstić information content (AvgIpc) is 2.82. The van der Waals surface area contributed by atoms with Crippen molar-refractivity contribution in [1.29, 1.82) is 0 Å². The van der Waals surface area contributed by atoms with E-state index in [1.165, 1.54) is 5.56 Å². The summed E-state index contributed by atoms with van der Waals surface area (Å²) in [6, 6.07) is 7.94. The zero-order valence-electron chi connectivity index (χ0n) is 19.0. The second kappa shape index (κ2) is 11.7. The lowest BCUT2D eigenvalue weighted by molar-refractivity contribution is -0.285. The highest BCUT2D eigenvalue weighted by Crippen LogP contribution is 2.21. The maximum atomic E-state index is 12.8. The Morgan fingerprint density at radius 2 is 1.65 bits per heavy atom. The van der Waals surface area contributed by atoms with Gasteiger partial charge in [-0.1, -0.05) is 19.1 Å². The van der Waals surface area contributed by atoms with Crippen LogP contribution in [0.3, 0.4) is 0 Å². The number of benzene rings is 1. The molecule has 1 N–H and O–H groups in total. The second-order valence-electron chi connectivity index (χ2n) is 8.94. The van der Waals surface area contributed by atoms with Crippen LogP contribution < -0.4 is 0 Å². The quantitative estimate of drug-likeness (QED) is 0.479. The van der Waals surface area contributed by atoms with Gasteiger partial charge in [-0.2, -0.15) is 0 Å². The second-order valence-corrected chi connectivity index (χ2v) is 8.94. The van der Waals surface area contributed by atoms with Gasteiger partial charge in [-0.3, -0.25) is 19.7 Å². The zero-order valence-corrected chi connectivity index (χ0v) is 19.0. The Hall–Kier alpha value is -1.80. The fraction of sp³-hybridized carbons (Fsp3) is 0.667. The molecule has 2 aliphatic heterocycles. The maximum Gasteiger partial charge on any atom is 0.253 e. The van der Waals surface area contributed by atoms with E-state index in [4.69, 9.17) is 5.26 Å². The van der Waals surface area contributed by atoms with E-state index in [0.29, 0.717) is 24.3 Å². The molecular weight excluding hydrogens is 394 g/mol. The lowest BCUT2D eigenvalue weighted by Gasteiger charge is -2.31. The smallest absolute Gasteiger partial charge is 0.253 e. The first-order chi connectivity index (χ1) is 15.0. The molecule has 172 valence electrons. The summed E-state index contributed by atoms with van der Waals surface area (Å²) in [5, 5.41) is 8.76. The van der Waals surface area contributed by atoms with E-state index >= 15 is 0 Å². The number of ketones is 1. The molecule has 0 radical (unpaired) electrons. The van der Waals surface area contributed by atoms with Crippen molar-refractivity contribution in [3.63, 3.8) is 0 Å². The van der Waals surface area contributed by atoms with Crippen molar-refractivity contribution in [2.75, 3.05) is 46.3 Å². The van der Waals surface area contributed by atoms with E-state index in [1.807, 2.05) is 38.2 Å². The molecule has 0 unspecified atom stereocenters. The Labute approximate surface area is 185 Å². The van der Waals surface area contributed by atoms with Crippen LogP contribution in [-0.4, -0.2) is 84.1 Å². The highest BCUT2D eigenvalue weighted by Gasteiger charge is 2.24.